The maximum atomic E-state index is 13.3. The van der Waals surface area contributed by atoms with Crippen molar-refractivity contribution in [1.82, 2.24) is 14.7 Å². The van der Waals surface area contributed by atoms with Crippen LogP contribution >= 0.6 is 0 Å². The third kappa shape index (κ3) is 5.47. The van der Waals surface area contributed by atoms with Crippen LogP contribution in [0, 0.1) is 0 Å². The second-order valence-electron chi connectivity index (χ2n) is 9.27. The molecule has 2 fully saturated rings. The van der Waals surface area contributed by atoms with E-state index in [0.717, 1.165) is 26.2 Å². The number of nitrogens with one attached hydrogen (secondary N) is 1. The number of hydrogen-bond donors (Lipinski definition) is 1. The number of likely N-dealkylation sites (N-methyl/N-ethyl adjacent to an activating group) is 2. The van der Waals surface area contributed by atoms with Gasteiger partial charge < -0.3 is 24.2 Å². The normalized spacial score (nSPS) is 26.1. The van der Waals surface area contributed by atoms with Crippen LogP contribution < -0.4 is 9.46 Å². The zero-order valence-corrected chi connectivity index (χ0v) is 20.8. The van der Waals surface area contributed by atoms with Crippen LogP contribution in [0.1, 0.15) is 36.5 Å². The largest absolute Gasteiger partial charge is 0.490 e. The average molecular weight is 495 g/mol. The van der Waals surface area contributed by atoms with E-state index in [0.29, 0.717) is 36.3 Å². The molecular formula is C23H34N4O6S. The molecule has 3 atom stereocenters. The van der Waals surface area contributed by atoms with Crippen LogP contribution in [0.25, 0.3) is 0 Å². The first-order valence-electron chi connectivity index (χ1n) is 11.8. The summed E-state index contributed by atoms with van der Waals surface area (Å²) >= 11 is 0. The minimum Gasteiger partial charge on any atom is -0.490 e. The van der Waals surface area contributed by atoms with Gasteiger partial charge in [0.05, 0.1) is 29.9 Å². The lowest BCUT2D eigenvalue weighted by Gasteiger charge is -2.42. The average Bonchev–Trinajstić information content (AvgIpc) is 2.82. The fraction of sp³-hybridized carbons (Fsp3) is 0.652. The number of benzene rings is 1. The van der Waals surface area contributed by atoms with Gasteiger partial charge in [-0.2, -0.15) is 0 Å². The molecule has 0 radical (unpaired) electrons. The van der Waals surface area contributed by atoms with E-state index in [1.807, 2.05) is 4.90 Å². The van der Waals surface area contributed by atoms with Crippen LogP contribution in [0.15, 0.2) is 18.2 Å². The Morgan fingerprint density at radius 2 is 1.88 bits per heavy atom. The van der Waals surface area contributed by atoms with E-state index in [-0.39, 0.29) is 42.4 Å². The Labute approximate surface area is 201 Å². The number of rotatable bonds is 5. The van der Waals surface area contributed by atoms with Gasteiger partial charge in [-0.25, -0.2) is 8.42 Å². The summed E-state index contributed by atoms with van der Waals surface area (Å²) in [6.45, 7) is 5.03. The number of nitrogens with zero attached hydrogens (tertiary/aromatic N) is 3. The number of anilines is 1. The molecule has 0 aliphatic carbocycles. The van der Waals surface area contributed by atoms with Crippen molar-refractivity contribution in [3.63, 3.8) is 0 Å². The highest BCUT2D eigenvalue weighted by Crippen LogP contribution is 2.33. The highest BCUT2D eigenvalue weighted by atomic mass is 32.2. The smallest absolute Gasteiger partial charge is 0.257 e. The maximum Gasteiger partial charge on any atom is 0.257 e. The highest BCUT2D eigenvalue weighted by molar-refractivity contribution is 7.92. The molecule has 11 heteroatoms. The molecule has 188 valence electrons. The van der Waals surface area contributed by atoms with Gasteiger partial charge in [-0.1, -0.05) is 0 Å². The van der Waals surface area contributed by atoms with Crippen LogP contribution in [0.4, 0.5) is 5.69 Å². The number of carbonyl (C=O) groups is 2. The molecule has 1 aromatic rings. The van der Waals surface area contributed by atoms with Gasteiger partial charge in [0.2, 0.25) is 15.9 Å². The van der Waals surface area contributed by atoms with E-state index in [2.05, 4.69) is 16.7 Å². The molecule has 1 N–H and O–H groups in total. The predicted molar refractivity (Wildman–Crippen MR) is 127 cm³/mol. The maximum absolute atomic E-state index is 13.3. The van der Waals surface area contributed by atoms with E-state index >= 15 is 0 Å². The lowest BCUT2D eigenvalue weighted by atomic mass is 9.94. The summed E-state index contributed by atoms with van der Waals surface area (Å²) in [5, 5.41) is 0. The zero-order chi connectivity index (χ0) is 24.5. The van der Waals surface area contributed by atoms with Crippen molar-refractivity contribution < 1.29 is 27.5 Å². The first-order chi connectivity index (χ1) is 16.2. The quantitative estimate of drug-likeness (QED) is 0.650. The molecule has 2 amide bonds. The molecule has 0 aromatic heterocycles. The summed E-state index contributed by atoms with van der Waals surface area (Å²) in [6, 6.07) is 4.51. The molecule has 0 unspecified atom stereocenters. The van der Waals surface area contributed by atoms with Crippen molar-refractivity contribution in [2.24, 2.45) is 0 Å². The summed E-state index contributed by atoms with van der Waals surface area (Å²) in [4.78, 5) is 31.8. The number of hydrogen-bond acceptors (Lipinski definition) is 7. The van der Waals surface area contributed by atoms with Crippen molar-refractivity contribution in [2.45, 2.75) is 44.4 Å². The Balaban J connectivity index is 1.44. The number of carbonyl (C=O) groups excluding carboxylic acids is 2. The Morgan fingerprint density at radius 1 is 1.15 bits per heavy atom. The van der Waals surface area contributed by atoms with Gasteiger partial charge in [-0.05, 0) is 45.0 Å². The molecular weight excluding hydrogens is 460 g/mol. The van der Waals surface area contributed by atoms with Gasteiger partial charge in [0, 0.05) is 38.9 Å². The lowest BCUT2D eigenvalue weighted by Crippen LogP contribution is -2.54. The minimum absolute atomic E-state index is 0.0615. The molecule has 1 aromatic carbocycles. The summed E-state index contributed by atoms with van der Waals surface area (Å²) in [5.74, 6) is 0.181. The monoisotopic (exact) mass is 494 g/mol. The first kappa shape index (κ1) is 24.7. The molecule has 0 bridgehead atoms. The van der Waals surface area contributed by atoms with Gasteiger partial charge >= 0.3 is 0 Å². The van der Waals surface area contributed by atoms with Crippen LogP contribution in [0.2, 0.25) is 0 Å². The number of sulfonamides is 1. The first-order valence-corrected chi connectivity index (χ1v) is 13.5. The number of fused-ring (bicyclic) bond motifs is 2. The summed E-state index contributed by atoms with van der Waals surface area (Å²) < 4.78 is 38.6. The van der Waals surface area contributed by atoms with Crippen LogP contribution in [-0.4, -0.2) is 106 Å². The molecule has 0 saturated carbocycles. The van der Waals surface area contributed by atoms with Crippen molar-refractivity contribution >= 4 is 27.5 Å². The molecule has 3 aliphatic rings. The summed E-state index contributed by atoms with van der Waals surface area (Å²) in [7, 11) is 0.328. The Hall–Kier alpha value is -2.37. The third-order valence-corrected chi connectivity index (χ3v) is 8.23. The van der Waals surface area contributed by atoms with Crippen LogP contribution in [-0.2, 0) is 19.6 Å². The molecule has 2 saturated heterocycles. The fourth-order valence-electron chi connectivity index (χ4n) is 4.72. The van der Waals surface area contributed by atoms with Gasteiger partial charge in [0.25, 0.3) is 5.91 Å². The second kappa shape index (κ2) is 10.1. The molecule has 10 nitrogen and oxygen atoms in total. The van der Waals surface area contributed by atoms with E-state index in [1.165, 1.54) is 6.07 Å². The van der Waals surface area contributed by atoms with Crippen molar-refractivity contribution in [3.05, 3.63) is 23.8 Å². The Bertz CT molecular complexity index is 1020. The number of ether oxygens (including phenoxy) is 2. The summed E-state index contributed by atoms with van der Waals surface area (Å²) in [5.41, 5.74) is 0.634. The number of piperazine rings is 1. The molecule has 3 heterocycles. The van der Waals surface area contributed by atoms with Crippen molar-refractivity contribution in [1.29, 1.82) is 0 Å². The topological polar surface area (TPSA) is 108 Å². The van der Waals surface area contributed by atoms with Gasteiger partial charge in [0.15, 0.2) is 0 Å². The molecule has 3 aliphatic heterocycles. The summed E-state index contributed by atoms with van der Waals surface area (Å²) in [6.07, 6.45) is 1.17. The van der Waals surface area contributed by atoms with Gasteiger partial charge in [0.1, 0.15) is 18.5 Å². The Morgan fingerprint density at radius 3 is 2.59 bits per heavy atom. The molecule has 34 heavy (non-hydrogen) atoms. The standard InChI is InChI=1S/C23H34N4O6S/c1-4-34(30,31)24-16-5-8-20-18(13-16)23(29)26(3)19-7-6-17(33-21(19)15-32-20)14-22(28)27-11-9-25(2)10-12-27/h5,8,13,17,19,21,24H,4,6-7,9-12,14-15H2,1-3H3/t17-,19-,21+/m1/s1. The van der Waals surface area contributed by atoms with Gasteiger partial charge in [-0.15, -0.1) is 0 Å². The van der Waals surface area contributed by atoms with Crippen LogP contribution in [0.3, 0.4) is 0 Å². The molecule has 4 rings (SSSR count). The van der Waals surface area contributed by atoms with Crippen molar-refractivity contribution in [2.75, 3.05) is 57.4 Å². The third-order valence-electron chi connectivity index (χ3n) is 6.92. The highest BCUT2D eigenvalue weighted by Gasteiger charge is 2.39. The fourth-order valence-corrected chi connectivity index (χ4v) is 5.35. The van der Waals surface area contributed by atoms with Gasteiger partial charge in [-0.3, -0.25) is 14.3 Å². The zero-order valence-electron chi connectivity index (χ0n) is 20.0. The lowest BCUT2D eigenvalue weighted by molar-refractivity contribution is -0.144. The Kier molecular flexibility index (Phi) is 7.34. The number of amides is 2. The SMILES string of the molecule is CCS(=O)(=O)Nc1ccc2c(c1)C(=O)N(C)[C@@H]1CC[C@H](CC(=O)N3CCN(C)CC3)O[C@H]1CO2. The van der Waals surface area contributed by atoms with Crippen LogP contribution in [0.5, 0.6) is 5.75 Å². The minimum atomic E-state index is -3.46. The van der Waals surface area contributed by atoms with E-state index in [9.17, 15) is 18.0 Å². The predicted octanol–water partition coefficient (Wildman–Crippen LogP) is 0.993. The second-order valence-corrected chi connectivity index (χ2v) is 11.3. The van der Waals surface area contributed by atoms with E-state index in [4.69, 9.17) is 9.47 Å². The van der Waals surface area contributed by atoms with E-state index < -0.39 is 10.0 Å². The van der Waals surface area contributed by atoms with E-state index in [1.54, 1.807) is 31.0 Å². The molecule has 0 spiro atoms. The van der Waals surface area contributed by atoms with Crippen molar-refractivity contribution in [3.8, 4) is 5.75 Å².